The first-order valence-corrected chi connectivity index (χ1v) is 9.68. The second-order valence-electron chi connectivity index (χ2n) is 6.13. The number of amides is 1. The molecule has 0 bridgehead atoms. The van der Waals surface area contributed by atoms with Crippen molar-refractivity contribution in [3.8, 4) is 11.5 Å². The Morgan fingerprint density at radius 1 is 1.21 bits per heavy atom. The van der Waals surface area contributed by atoms with Gasteiger partial charge in [-0.3, -0.25) is 5.32 Å². The van der Waals surface area contributed by atoms with Crippen LogP contribution in [0.15, 0.2) is 59.1 Å². The fourth-order valence-corrected chi connectivity index (χ4v) is 2.88. The number of aliphatic carboxylic acids is 1. The minimum absolute atomic E-state index is 0.0577. The third-order valence-electron chi connectivity index (χ3n) is 4.01. The van der Waals surface area contributed by atoms with Crippen LogP contribution in [0.25, 0.3) is 0 Å². The first-order chi connectivity index (χ1) is 13.9. The highest BCUT2D eigenvalue weighted by Crippen LogP contribution is 2.32. The van der Waals surface area contributed by atoms with Gasteiger partial charge in [0, 0.05) is 16.2 Å². The fraction of sp³-hybridized carbons (Fsp3) is 0.238. The highest BCUT2D eigenvalue weighted by Gasteiger charge is 2.18. The van der Waals surface area contributed by atoms with Crippen molar-refractivity contribution in [2.75, 3.05) is 12.4 Å². The van der Waals surface area contributed by atoms with Crippen LogP contribution in [0.4, 0.5) is 10.5 Å². The molecule has 0 radical (unpaired) electrons. The van der Waals surface area contributed by atoms with Gasteiger partial charge in [0.15, 0.2) is 11.5 Å². The van der Waals surface area contributed by atoms with Gasteiger partial charge in [-0.2, -0.15) is 0 Å². The first kappa shape index (κ1) is 22.3. The number of hydrogen-bond acceptors (Lipinski definition) is 5. The van der Waals surface area contributed by atoms with Crippen molar-refractivity contribution in [2.24, 2.45) is 0 Å². The molecule has 0 saturated heterocycles. The zero-order valence-electron chi connectivity index (χ0n) is 15.8. The maximum Gasteiger partial charge on any atom is 0.412 e. The number of rotatable bonds is 9. The number of ether oxygens (including phenoxy) is 2. The first-order valence-electron chi connectivity index (χ1n) is 8.88. The Kier molecular flexibility index (Phi) is 8.54. The zero-order valence-corrected chi connectivity index (χ0v) is 17.4. The summed E-state index contributed by atoms with van der Waals surface area (Å²) < 4.78 is 11.5. The van der Waals surface area contributed by atoms with Crippen LogP contribution >= 0.6 is 15.9 Å². The van der Waals surface area contributed by atoms with E-state index in [0.717, 1.165) is 10.5 Å². The number of aromatic hydroxyl groups is 1. The van der Waals surface area contributed by atoms with Crippen LogP contribution in [0, 0.1) is 0 Å². The summed E-state index contributed by atoms with van der Waals surface area (Å²) in [5.74, 6) is -0.749. The summed E-state index contributed by atoms with van der Waals surface area (Å²) in [5.41, 5.74) is 1.19. The van der Waals surface area contributed by atoms with E-state index >= 15 is 0 Å². The van der Waals surface area contributed by atoms with Crippen molar-refractivity contribution in [1.82, 2.24) is 0 Å². The normalized spacial score (nSPS) is 11.8. The molecular formula is C21H22BrNO6. The van der Waals surface area contributed by atoms with E-state index in [0.29, 0.717) is 36.3 Å². The molecule has 0 spiro atoms. The standard InChI is InChI=1S/C21H22BrNO6/c1-28-19-12-7-14(13-17(19)24)18(5-3-2-4-6-20(25)26)29-21(27)23-16-10-8-15(22)9-11-16/h4,6-13,18,24H,2-3,5H2,1H3,(H,23,27)(H,25,26)/b6-4+/t18-/m0/s1. The molecule has 2 rings (SSSR count). The van der Waals surface area contributed by atoms with Crippen molar-refractivity contribution < 1.29 is 29.3 Å². The summed E-state index contributed by atoms with van der Waals surface area (Å²) in [5, 5.41) is 21.4. The van der Waals surface area contributed by atoms with Crippen molar-refractivity contribution in [1.29, 1.82) is 0 Å². The summed E-state index contributed by atoms with van der Waals surface area (Å²) in [4.78, 5) is 22.9. The topological polar surface area (TPSA) is 105 Å². The van der Waals surface area contributed by atoms with Crippen LogP contribution in [-0.2, 0) is 9.53 Å². The minimum atomic E-state index is -1.01. The molecular weight excluding hydrogens is 442 g/mol. The average Bonchev–Trinajstić information content (AvgIpc) is 2.68. The lowest BCUT2D eigenvalue weighted by Gasteiger charge is -2.19. The SMILES string of the molecule is COc1ccc([C@H](CCC/C=C/C(=O)O)OC(=O)Nc2ccc(Br)cc2)cc1O. The van der Waals surface area contributed by atoms with E-state index in [1.165, 1.54) is 13.2 Å². The lowest BCUT2D eigenvalue weighted by atomic mass is 10.0. The number of carboxylic acid groups (broad SMARTS) is 1. The van der Waals surface area contributed by atoms with E-state index in [1.54, 1.807) is 42.5 Å². The zero-order chi connectivity index (χ0) is 21.2. The number of hydrogen-bond donors (Lipinski definition) is 3. The van der Waals surface area contributed by atoms with Crippen LogP contribution in [0.3, 0.4) is 0 Å². The molecule has 0 fully saturated rings. The van der Waals surface area contributed by atoms with Crippen LogP contribution in [-0.4, -0.2) is 29.4 Å². The van der Waals surface area contributed by atoms with Crippen molar-refractivity contribution >= 4 is 33.7 Å². The van der Waals surface area contributed by atoms with Gasteiger partial charge in [-0.1, -0.05) is 28.1 Å². The Labute approximate surface area is 177 Å². The number of phenols is 1. The van der Waals surface area contributed by atoms with Gasteiger partial charge in [0.25, 0.3) is 0 Å². The molecule has 2 aromatic carbocycles. The number of methoxy groups -OCH3 is 1. The number of phenolic OH excluding ortho intramolecular Hbond substituents is 1. The summed E-state index contributed by atoms with van der Waals surface area (Å²) >= 11 is 3.33. The molecule has 0 aliphatic rings. The van der Waals surface area contributed by atoms with Gasteiger partial charge in [0.1, 0.15) is 6.10 Å². The molecule has 3 N–H and O–H groups in total. The lowest BCUT2D eigenvalue weighted by molar-refractivity contribution is -0.131. The minimum Gasteiger partial charge on any atom is -0.504 e. The number of nitrogens with one attached hydrogen (secondary N) is 1. The molecule has 2 aromatic rings. The van der Waals surface area contributed by atoms with Crippen LogP contribution in [0.2, 0.25) is 0 Å². The maximum atomic E-state index is 12.3. The summed E-state index contributed by atoms with van der Waals surface area (Å²) in [6, 6.07) is 11.9. The number of unbranched alkanes of at least 4 members (excludes halogenated alkanes) is 1. The highest BCUT2D eigenvalue weighted by atomic mass is 79.9. The molecule has 0 unspecified atom stereocenters. The predicted molar refractivity (Wildman–Crippen MR) is 112 cm³/mol. The van der Waals surface area contributed by atoms with Gasteiger partial charge in [-0.15, -0.1) is 0 Å². The lowest BCUT2D eigenvalue weighted by Crippen LogP contribution is -2.17. The van der Waals surface area contributed by atoms with Crippen molar-refractivity contribution in [3.05, 3.63) is 64.7 Å². The van der Waals surface area contributed by atoms with Gasteiger partial charge in [-0.05, 0) is 61.2 Å². The number of anilines is 1. The smallest absolute Gasteiger partial charge is 0.412 e. The molecule has 154 valence electrons. The largest absolute Gasteiger partial charge is 0.504 e. The van der Waals surface area contributed by atoms with Gasteiger partial charge in [0.05, 0.1) is 7.11 Å². The third kappa shape index (κ3) is 7.50. The van der Waals surface area contributed by atoms with Crippen LogP contribution < -0.4 is 10.1 Å². The number of carboxylic acids is 1. The molecule has 1 amide bonds. The van der Waals surface area contributed by atoms with E-state index in [2.05, 4.69) is 21.2 Å². The van der Waals surface area contributed by atoms with E-state index < -0.39 is 18.2 Å². The molecule has 8 heteroatoms. The van der Waals surface area contributed by atoms with Gasteiger partial charge < -0.3 is 19.7 Å². The molecule has 0 heterocycles. The fourth-order valence-electron chi connectivity index (χ4n) is 2.62. The summed E-state index contributed by atoms with van der Waals surface area (Å²) in [6.45, 7) is 0. The Morgan fingerprint density at radius 3 is 2.55 bits per heavy atom. The number of allylic oxidation sites excluding steroid dienone is 1. The maximum absolute atomic E-state index is 12.3. The van der Waals surface area contributed by atoms with Crippen molar-refractivity contribution in [3.63, 3.8) is 0 Å². The van der Waals surface area contributed by atoms with E-state index in [1.807, 2.05) is 0 Å². The number of carbonyl (C=O) groups is 2. The molecule has 1 atom stereocenters. The molecule has 7 nitrogen and oxygen atoms in total. The van der Waals surface area contributed by atoms with Crippen LogP contribution in [0.5, 0.6) is 11.5 Å². The van der Waals surface area contributed by atoms with E-state index in [9.17, 15) is 14.7 Å². The van der Waals surface area contributed by atoms with Gasteiger partial charge >= 0.3 is 12.1 Å². The average molecular weight is 464 g/mol. The number of carbonyl (C=O) groups excluding carboxylic acids is 1. The van der Waals surface area contributed by atoms with E-state index in [4.69, 9.17) is 14.6 Å². The quantitative estimate of drug-likeness (QED) is 0.345. The summed E-state index contributed by atoms with van der Waals surface area (Å²) in [7, 11) is 1.45. The molecule has 0 aliphatic carbocycles. The van der Waals surface area contributed by atoms with E-state index in [-0.39, 0.29) is 5.75 Å². The molecule has 0 aromatic heterocycles. The molecule has 29 heavy (non-hydrogen) atoms. The summed E-state index contributed by atoms with van der Waals surface area (Å²) in [6.07, 6.45) is 2.93. The second-order valence-corrected chi connectivity index (χ2v) is 7.04. The number of halogens is 1. The Morgan fingerprint density at radius 2 is 1.93 bits per heavy atom. The number of benzene rings is 2. The molecule has 0 aliphatic heterocycles. The van der Waals surface area contributed by atoms with Gasteiger partial charge in [-0.25, -0.2) is 9.59 Å². The van der Waals surface area contributed by atoms with Crippen LogP contribution in [0.1, 0.15) is 30.9 Å². The Bertz CT molecular complexity index is 866. The Hall–Kier alpha value is -3.00. The third-order valence-corrected chi connectivity index (χ3v) is 4.54. The molecule has 0 saturated carbocycles. The Balaban J connectivity index is 2.08. The monoisotopic (exact) mass is 463 g/mol. The second kappa shape index (κ2) is 11.1. The van der Waals surface area contributed by atoms with Gasteiger partial charge in [0.2, 0.25) is 0 Å². The highest BCUT2D eigenvalue weighted by molar-refractivity contribution is 9.10. The van der Waals surface area contributed by atoms with Crippen molar-refractivity contribution in [2.45, 2.75) is 25.4 Å². The predicted octanol–water partition coefficient (Wildman–Crippen LogP) is 5.26.